The number of aryl methyl sites for hydroxylation is 2. The first kappa shape index (κ1) is 28.0. The number of nitrogens with zero attached hydrogens (tertiary/aromatic N) is 3. The molecule has 42 heavy (non-hydrogen) atoms. The molecule has 5 rings (SSSR count). The number of hydrogen-bond donors (Lipinski definition) is 3. The van der Waals surface area contributed by atoms with Gasteiger partial charge in [-0.15, -0.1) is 23.4 Å². The van der Waals surface area contributed by atoms with E-state index in [1.807, 2.05) is 19.9 Å². The molecule has 4 aromatic carbocycles. The minimum atomic E-state index is -4.92. The van der Waals surface area contributed by atoms with Crippen molar-refractivity contribution in [3.05, 3.63) is 90.0 Å². The third-order valence-corrected chi connectivity index (χ3v) is 6.49. The number of azo groups is 1. The van der Waals surface area contributed by atoms with Gasteiger partial charge in [-0.2, -0.15) is 0 Å². The number of phenols is 1. The van der Waals surface area contributed by atoms with Gasteiger partial charge in [0, 0.05) is 22.7 Å². The molecule has 3 N–H and O–H groups in total. The zero-order chi connectivity index (χ0) is 30.2. The van der Waals surface area contributed by atoms with Crippen LogP contribution in [0, 0.1) is 13.8 Å². The van der Waals surface area contributed by atoms with E-state index in [2.05, 4.69) is 19.7 Å². The summed E-state index contributed by atoms with van der Waals surface area (Å²) in [6, 6.07) is 19.5. The summed E-state index contributed by atoms with van der Waals surface area (Å²) < 4.78 is 49.0. The van der Waals surface area contributed by atoms with Crippen molar-refractivity contribution in [3.8, 4) is 39.9 Å². The van der Waals surface area contributed by atoms with Crippen molar-refractivity contribution in [1.82, 2.24) is 4.57 Å². The number of carbonyl (C=O) groups is 1. The first-order valence-electron chi connectivity index (χ1n) is 12.4. The molecule has 0 spiro atoms. The quantitative estimate of drug-likeness (QED) is 0.105. The number of aromatic hydroxyl groups is 2. The van der Waals surface area contributed by atoms with Crippen molar-refractivity contribution in [2.24, 2.45) is 10.2 Å². The number of para-hydroxylation sites is 1. The van der Waals surface area contributed by atoms with E-state index in [9.17, 15) is 28.2 Å². The van der Waals surface area contributed by atoms with E-state index < -0.39 is 24.1 Å². The van der Waals surface area contributed by atoms with Crippen LogP contribution in [-0.2, 0) is 0 Å². The Kier molecular flexibility index (Phi) is 7.21. The summed E-state index contributed by atoms with van der Waals surface area (Å²) in [4.78, 5) is 10.9. The molecule has 214 valence electrons. The largest absolute Gasteiger partial charge is 0.573 e. The predicted octanol–water partition coefficient (Wildman–Crippen LogP) is 8.70. The number of benzene rings is 4. The zero-order valence-corrected chi connectivity index (χ0v) is 22.0. The highest BCUT2D eigenvalue weighted by molar-refractivity contribution is 5.97. The van der Waals surface area contributed by atoms with Crippen molar-refractivity contribution in [3.63, 3.8) is 0 Å². The zero-order valence-electron chi connectivity index (χ0n) is 22.0. The molecule has 1 heterocycles. The second-order valence-corrected chi connectivity index (χ2v) is 9.27. The number of alkyl halides is 3. The van der Waals surface area contributed by atoms with Gasteiger partial charge in [0.25, 0.3) is 0 Å². The minimum Gasteiger partial charge on any atom is -0.505 e. The Hall–Kier alpha value is -5.52. The number of carboxylic acid groups (broad SMARTS) is 1. The van der Waals surface area contributed by atoms with E-state index in [1.54, 1.807) is 36.4 Å². The summed E-state index contributed by atoms with van der Waals surface area (Å²) in [6.07, 6.45) is -6.41. The summed E-state index contributed by atoms with van der Waals surface area (Å²) in [5.41, 5.74) is 3.22. The van der Waals surface area contributed by atoms with Crippen molar-refractivity contribution >= 4 is 28.4 Å². The standard InChI is InChI=1S/C30H22F3N3O6/c1-16-9-10-19(13-17(16)2)36-25-15-21(42-30(31,32)33)11-12-23(25)26(28(36)38)35-34-24-8-4-7-22(27(24)37)18-5-3-6-20(14-18)41-29(39)40/h3-15,37-38H,1-2H3,(H,39,40). The smallest absolute Gasteiger partial charge is 0.505 e. The lowest BCUT2D eigenvalue weighted by Crippen LogP contribution is -2.17. The Morgan fingerprint density at radius 2 is 1.62 bits per heavy atom. The summed E-state index contributed by atoms with van der Waals surface area (Å²) in [6.45, 7) is 3.76. The minimum absolute atomic E-state index is 0.0144. The van der Waals surface area contributed by atoms with Crippen LogP contribution in [0.3, 0.4) is 0 Å². The van der Waals surface area contributed by atoms with Gasteiger partial charge < -0.3 is 24.8 Å². The molecule has 0 unspecified atom stereocenters. The van der Waals surface area contributed by atoms with Gasteiger partial charge in [0.15, 0.2) is 11.4 Å². The summed E-state index contributed by atoms with van der Waals surface area (Å²) >= 11 is 0. The van der Waals surface area contributed by atoms with Crippen LogP contribution in [0.2, 0.25) is 0 Å². The van der Waals surface area contributed by atoms with E-state index in [0.29, 0.717) is 16.8 Å². The van der Waals surface area contributed by atoms with E-state index in [-0.39, 0.29) is 33.8 Å². The van der Waals surface area contributed by atoms with Crippen LogP contribution in [0.25, 0.3) is 27.7 Å². The van der Waals surface area contributed by atoms with Gasteiger partial charge in [-0.1, -0.05) is 30.3 Å². The number of ether oxygens (including phenoxy) is 2. The van der Waals surface area contributed by atoms with Crippen LogP contribution in [0.4, 0.5) is 29.3 Å². The fourth-order valence-electron chi connectivity index (χ4n) is 4.44. The number of aromatic nitrogens is 1. The molecule has 0 aliphatic heterocycles. The Labute approximate surface area is 236 Å². The summed E-state index contributed by atoms with van der Waals surface area (Å²) in [5.74, 6) is -1.12. The van der Waals surface area contributed by atoms with Crippen LogP contribution in [0.5, 0.6) is 23.1 Å². The van der Waals surface area contributed by atoms with Gasteiger partial charge in [-0.3, -0.25) is 4.57 Å². The molecule has 5 aromatic rings. The van der Waals surface area contributed by atoms with Crippen LogP contribution in [0.1, 0.15) is 11.1 Å². The monoisotopic (exact) mass is 577 g/mol. The van der Waals surface area contributed by atoms with Crippen LogP contribution >= 0.6 is 0 Å². The van der Waals surface area contributed by atoms with Crippen molar-refractivity contribution in [2.75, 3.05) is 0 Å². The van der Waals surface area contributed by atoms with E-state index in [4.69, 9.17) is 5.11 Å². The summed E-state index contributed by atoms with van der Waals surface area (Å²) in [7, 11) is 0. The molecule has 0 radical (unpaired) electrons. The lowest BCUT2D eigenvalue weighted by molar-refractivity contribution is -0.274. The highest BCUT2D eigenvalue weighted by Crippen LogP contribution is 2.45. The first-order valence-corrected chi connectivity index (χ1v) is 12.4. The van der Waals surface area contributed by atoms with Crippen molar-refractivity contribution < 1.29 is 42.8 Å². The molecule has 0 fully saturated rings. The second kappa shape index (κ2) is 10.8. The first-order chi connectivity index (χ1) is 19.9. The molecule has 12 heteroatoms. The molecular weight excluding hydrogens is 555 g/mol. The molecule has 0 bridgehead atoms. The average molecular weight is 578 g/mol. The van der Waals surface area contributed by atoms with Gasteiger partial charge in [0.1, 0.15) is 17.2 Å². The van der Waals surface area contributed by atoms with Gasteiger partial charge in [0.05, 0.1) is 5.52 Å². The maximum absolute atomic E-state index is 13.0. The Morgan fingerprint density at radius 1 is 0.857 bits per heavy atom. The Balaban J connectivity index is 1.61. The van der Waals surface area contributed by atoms with Crippen LogP contribution < -0.4 is 9.47 Å². The van der Waals surface area contributed by atoms with E-state index in [0.717, 1.165) is 23.3 Å². The number of halogens is 3. The Morgan fingerprint density at radius 3 is 2.33 bits per heavy atom. The van der Waals surface area contributed by atoms with E-state index in [1.165, 1.54) is 28.8 Å². The third-order valence-electron chi connectivity index (χ3n) is 6.49. The molecule has 0 amide bonds. The number of phenolic OH excluding ortho intramolecular Hbond substituents is 1. The van der Waals surface area contributed by atoms with Crippen molar-refractivity contribution in [1.29, 1.82) is 0 Å². The highest BCUT2D eigenvalue weighted by atomic mass is 19.4. The lowest BCUT2D eigenvalue weighted by atomic mass is 10.0. The lowest BCUT2D eigenvalue weighted by Gasteiger charge is -2.11. The molecule has 1 aromatic heterocycles. The molecular formula is C30H22F3N3O6. The number of rotatable bonds is 6. The molecule has 0 saturated heterocycles. The summed E-state index contributed by atoms with van der Waals surface area (Å²) in [5, 5.41) is 39.7. The van der Waals surface area contributed by atoms with Gasteiger partial charge in [0.2, 0.25) is 5.88 Å². The van der Waals surface area contributed by atoms with Crippen LogP contribution in [0.15, 0.2) is 89.1 Å². The maximum atomic E-state index is 13.0. The topological polar surface area (TPSA) is 126 Å². The van der Waals surface area contributed by atoms with Gasteiger partial charge >= 0.3 is 12.5 Å². The molecule has 0 atom stereocenters. The molecule has 9 nitrogen and oxygen atoms in total. The highest BCUT2D eigenvalue weighted by Gasteiger charge is 2.31. The van der Waals surface area contributed by atoms with Crippen molar-refractivity contribution in [2.45, 2.75) is 20.2 Å². The molecule has 0 aliphatic carbocycles. The average Bonchev–Trinajstić information content (AvgIpc) is 3.18. The second-order valence-electron chi connectivity index (χ2n) is 9.27. The molecule has 0 aliphatic rings. The van der Waals surface area contributed by atoms with Gasteiger partial charge in [-0.05, 0) is 73.0 Å². The van der Waals surface area contributed by atoms with Crippen LogP contribution in [-0.4, -0.2) is 32.4 Å². The fraction of sp³-hybridized carbons (Fsp3) is 0.100. The number of fused-ring (bicyclic) bond motifs is 1. The predicted molar refractivity (Wildman–Crippen MR) is 147 cm³/mol. The molecule has 0 saturated carbocycles. The Bertz CT molecular complexity index is 1860. The number of hydrogen-bond acceptors (Lipinski definition) is 7. The maximum Gasteiger partial charge on any atom is 0.573 e. The SMILES string of the molecule is Cc1ccc(-n2c(O)c(N=Nc3cccc(-c4cccc(OC(=O)O)c4)c3O)c3ccc(OC(F)(F)F)cc32)cc1C. The normalized spacial score (nSPS) is 11.7. The third kappa shape index (κ3) is 5.68. The van der Waals surface area contributed by atoms with Gasteiger partial charge in [-0.25, -0.2) is 4.79 Å². The fourth-order valence-corrected chi connectivity index (χ4v) is 4.44. The van der Waals surface area contributed by atoms with E-state index >= 15 is 0 Å².